The molecule has 0 aliphatic carbocycles. The predicted molar refractivity (Wildman–Crippen MR) is 92.3 cm³/mol. The number of benzene rings is 1. The summed E-state index contributed by atoms with van der Waals surface area (Å²) in [7, 11) is 1.45. The van der Waals surface area contributed by atoms with Crippen molar-refractivity contribution < 1.29 is 9.59 Å². The molecular weight excluding hydrogens is 334 g/mol. The van der Waals surface area contributed by atoms with Crippen LogP contribution in [0.2, 0.25) is 0 Å². The van der Waals surface area contributed by atoms with Crippen molar-refractivity contribution in [2.24, 2.45) is 0 Å². The van der Waals surface area contributed by atoms with E-state index in [1.165, 1.54) is 35.7 Å². The van der Waals surface area contributed by atoms with Gasteiger partial charge in [0.15, 0.2) is 4.34 Å². The number of carbonyl (C=O) groups is 2. The second kappa shape index (κ2) is 8.49. The number of aryl methyl sites for hydroxylation is 1. The summed E-state index contributed by atoms with van der Waals surface area (Å²) >= 11 is 2.58. The molecule has 1 aromatic carbocycles. The molecule has 7 nitrogen and oxygen atoms in total. The smallest absolute Gasteiger partial charge is 0.321 e. The Bertz CT molecular complexity index is 672. The van der Waals surface area contributed by atoms with Crippen molar-refractivity contribution in [3.8, 4) is 0 Å². The van der Waals surface area contributed by atoms with E-state index in [9.17, 15) is 9.59 Å². The molecule has 2 rings (SSSR count). The van der Waals surface area contributed by atoms with Gasteiger partial charge in [-0.15, -0.1) is 10.2 Å². The van der Waals surface area contributed by atoms with E-state index in [-0.39, 0.29) is 11.7 Å². The highest BCUT2D eigenvalue weighted by atomic mass is 32.2. The summed E-state index contributed by atoms with van der Waals surface area (Å²) in [5, 5.41) is 16.4. The van der Waals surface area contributed by atoms with Crippen LogP contribution in [0.1, 0.15) is 12.5 Å². The van der Waals surface area contributed by atoms with Gasteiger partial charge >= 0.3 is 6.03 Å². The zero-order chi connectivity index (χ0) is 16.7. The van der Waals surface area contributed by atoms with Gasteiger partial charge in [-0.1, -0.05) is 42.2 Å². The molecule has 23 heavy (non-hydrogen) atoms. The van der Waals surface area contributed by atoms with E-state index >= 15 is 0 Å². The number of hydrogen-bond acceptors (Lipinski definition) is 7. The second-order valence-electron chi connectivity index (χ2n) is 4.46. The molecule has 0 spiro atoms. The van der Waals surface area contributed by atoms with E-state index < -0.39 is 6.03 Å². The number of hydrogen-bond donors (Lipinski definition) is 3. The average Bonchev–Trinajstić information content (AvgIpc) is 3.01. The molecule has 1 aromatic heterocycles. The largest absolute Gasteiger partial charge is 0.341 e. The first-order chi connectivity index (χ1) is 11.1. The van der Waals surface area contributed by atoms with Gasteiger partial charge in [0.05, 0.1) is 5.75 Å². The molecular formula is C14H17N5O2S2. The van der Waals surface area contributed by atoms with Crippen LogP contribution in [0.15, 0.2) is 28.6 Å². The van der Waals surface area contributed by atoms with Crippen molar-refractivity contribution >= 4 is 45.9 Å². The molecule has 3 N–H and O–H groups in total. The fourth-order valence-electron chi connectivity index (χ4n) is 1.62. The molecule has 0 unspecified atom stereocenters. The molecule has 0 aliphatic heterocycles. The standard InChI is InChI=1S/C14H17N5O2S2/c1-3-9-4-6-10(7-5-9)16-13-18-19-14(23-13)22-8-11(20)17-12(21)15-2/h4-7H,3,8H2,1-2H3,(H,16,18)(H2,15,17,20,21). The Kier molecular flexibility index (Phi) is 6.36. The molecule has 0 saturated carbocycles. The van der Waals surface area contributed by atoms with Gasteiger partial charge in [-0.05, 0) is 24.1 Å². The van der Waals surface area contributed by atoms with Crippen molar-refractivity contribution in [3.63, 3.8) is 0 Å². The monoisotopic (exact) mass is 351 g/mol. The third-order valence-corrected chi connectivity index (χ3v) is 4.80. The Balaban J connectivity index is 1.85. The van der Waals surface area contributed by atoms with Gasteiger partial charge in [0.1, 0.15) is 0 Å². The normalized spacial score (nSPS) is 10.2. The number of imide groups is 1. The molecule has 1 heterocycles. The number of nitrogens with one attached hydrogen (secondary N) is 3. The van der Waals surface area contributed by atoms with Gasteiger partial charge in [0.2, 0.25) is 11.0 Å². The fraction of sp³-hybridized carbons (Fsp3) is 0.286. The SMILES string of the molecule is CCc1ccc(Nc2nnc(SCC(=O)NC(=O)NC)s2)cc1. The summed E-state index contributed by atoms with van der Waals surface area (Å²) in [5.74, 6) is -0.276. The van der Waals surface area contributed by atoms with E-state index in [4.69, 9.17) is 0 Å². The maximum absolute atomic E-state index is 11.5. The molecule has 2 aromatic rings. The molecule has 0 radical (unpaired) electrons. The maximum atomic E-state index is 11.5. The van der Waals surface area contributed by atoms with Crippen molar-refractivity contribution in [3.05, 3.63) is 29.8 Å². The number of urea groups is 1. The topological polar surface area (TPSA) is 96.0 Å². The zero-order valence-electron chi connectivity index (χ0n) is 12.8. The quantitative estimate of drug-likeness (QED) is 0.692. The summed E-state index contributed by atoms with van der Waals surface area (Å²) in [6, 6.07) is 7.57. The highest BCUT2D eigenvalue weighted by Gasteiger charge is 2.10. The third kappa shape index (κ3) is 5.53. The van der Waals surface area contributed by atoms with Crippen molar-refractivity contribution in [2.45, 2.75) is 17.7 Å². The van der Waals surface area contributed by atoms with Crippen LogP contribution >= 0.6 is 23.1 Å². The lowest BCUT2D eigenvalue weighted by molar-refractivity contribution is -0.117. The first-order valence-corrected chi connectivity index (χ1v) is 8.74. The Morgan fingerprint density at radius 2 is 1.96 bits per heavy atom. The lowest BCUT2D eigenvalue weighted by atomic mass is 10.1. The molecule has 122 valence electrons. The zero-order valence-corrected chi connectivity index (χ0v) is 14.4. The molecule has 0 bridgehead atoms. The Hall–Kier alpha value is -2.13. The Morgan fingerprint density at radius 3 is 2.61 bits per heavy atom. The van der Waals surface area contributed by atoms with Crippen LogP contribution in [-0.2, 0) is 11.2 Å². The number of thioether (sulfide) groups is 1. The van der Waals surface area contributed by atoms with Crippen LogP contribution in [0.25, 0.3) is 0 Å². The van der Waals surface area contributed by atoms with Gasteiger partial charge in [-0.3, -0.25) is 10.1 Å². The molecule has 9 heteroatoms. The van der Waals surface area contributed by atoms with E-state index in [0.717, 1.165) is 12.1 Å². The number of carbonyl (C=O) groups excluding carboxylic acids is 2. The molecule has 0 fully saturated rings. The maximum Gasteiger partial charge on any atom is 0.321 e. The first kappa shape index (κ1) is 17.2. The summed E-state index contributed by atoms with van der Waals surface area (Å²) in [4.78, 5) is 22.5. The van der Waals surface area contributed by atoms with Gasteiger partial charge in [-0.2, -0.15) is 0 Å². The molecule has 0 atom stereocenters. The number of anilines is 2. The Morgan fingerprint density at radius 1 is 1.22 bits per heavy atom. The van der Waals surface area contributed by atoms with Gasteiger partial charge in [0.25, 0.3) is 0 Å². The fourth-order valence-corrected chi connectivity index (χ4v) is 3.19. The highest BCUT2D eigenvalue weighted by Crippen LogP contribution is 2.27. The number of amides is 3. The van der Waals surface area contributed by atoms with Crippen molar-refractivity contribution in [1.29, 1.82) is 0 Å². The number of rotatable bonds is 6. The van der Waals surface area contributed by atoms with Crippen LogP contribution in [-0.4, -0.2) is 34.9 Å². The van der Waals surface area contributed by atoms with Gasteiger partial charge in [0, 0.05) is 12.7 Å². The summed E-state index contributed by atoms with van der Waals surface area (Å²) in [5.41, 5.74) is 2.21. The van der Waals surface area contributed by atoms with Crippen LogP contribution < -0.4 is 16.0 Å². The predicted octanol–water partition coefficient (Wildman–Crippen LogP) is 2.39. The first-order valence-electron chi connectivity index (χ1n) is 6.94. The average molecular weight is 351 g/mol. The van der Waals surface area contributed by atoms with E-state index in [1.807, 2.05) is 12.1 Å². The third-order valence-electron chi connectivity index (χ3n) is 2.83. The van der Waals surface area contributed by atoms with Gasteiger partial charge < -0.3 is 10.6 Å². The van der Waals surface area contributed by atoms with E-state index in [2.05, 4.69) is 45.2 Å². The lowest BCUT2D eigenvalue weighted by Gasteiger charge is -2.02. The molecule has 0 saturated heterocycles. The Labute approximate surface area is 142 Å². The van der Waals surface area contributed by atoms with E-state index in [1.54, 1.807) is 0 Å². The minimum atomic E-state index is -0.522. The molecule has 3 amide bonds. The van der Waals surface area contributed by atoms with E-state index in [0.29, 0.717) is 9.47 Å². The van der Waals surface area contributed by atoms with Crippen molar-refractivity contribution in [1.82, 2.24) is 20.8 Å². The lowest BCUT2D eigenvalue weighted by Crippen LogP contribution is -2.38. The number of nitrogens with zero attached hydrogens (tertiary/aromatic N) is 2. The second-order valence-corrected chi connectivity index (χ2v) is 6.66. The van der Waals surface area contributed by atoms with Crippen LogP contribution in [0, 0.1) is 0 Å². The summed E-state index contributed by atoms with van der Waals surface area (Å²) in [6.45, 7) is 2.11. The van der Waals surface area contributed by atoms with Gasteiger partial charge in [-0.25, -0.2) is 4.79 Å². The summed E-state index contributed by atoms with van der Waals surface area (Å²) < 4.78 is 0.657. The molecule has 0 aliphatic rings. The minimum Gasteiger partial charge on any atom is -0.341 e. The van der Waals surface area contributed by atoms with Crippen molar-refractivity contribution in [2.75, 3.05) is 18.1 Å². The summed E-state index contributed by atoms with van der Waals surface area (Å²) in [6.07, 6.45) is 0.998. The minimum absolute atomic E-state index is 0.104. The number of aromatic nitrogens is 2. The van der Waals surface area contributed by atoms with Crippen LogP contribution in [0.4, 0.5) is 15.6 Å². The van der Waals surface area contributed by atoms with Crippen LogP contribution in [0.5, 0.6) is 0 Å². The highest BCUT2D eigenvalue weighted by molar-refractivity contribution is 8.01. The van der Waals surface area contributed by atoms with Crippen LogP contribution in [0.3, 0.4) is 0 Å².